The third-order valence-corrected chi connectivity index (χ3v) is 6.42. The number of fused-ring (bicyclic) bond motifs is 1. The number of amidine groups is 2. The lowest BCUT2D eigenvalue weighted by Crippen LogP contribution is -2.61. The highest BCUT2D eigenvalue weighted by Gasteiger charge is 2.53. The predicted octanol–water partition coefficient (Wildman–Crippen LogP) is 2.43. The first-order chi connectivity index (χ1) is 13.9. The molecular formula is C21H27ClN5O2+. The molecule has 0 aliphatic carbocycles. The minimum Gasteiger partial charge on any atom is -0.289 e. The molecule has 2 fully saturated rings. The average Bonchev–Trinajstić information content (AvgIpc) is 3.06. The number of benzene rings is 1. The van der Waals surface area contributed by atoms with Gasteiger partial charge in [-0.05, 0) is 49.0 Å². The van der Waals surface area contributed by atoms with Gasteiger partial charge in [-0.15, -0.1) is 0 Å². The van der Waals surface area contributed by atoms with Gasteiger partial charge in [0.2, 0.25) is 0 Å². The number of hydrogen-bond acceptors (Lipinski definition) is 4. The number of halogens is 1. The highest BCUT2D eigenvalue weighted by molar-refractivity contribution is 6.30. The maximum Gasteiger partial charge on any atom is 0.333 e. The number of carbonyl (C=O) groups is 2. The number of amides is 3. The second-order valence-corrected chi connectivity index (χ2v) is 8.53. The van der Waals surface area contributed by atoms with Crippen molar-refractivity contribution in [3.63, 3.8) is 0 Å². The number of nitrogens with zero attached hydrogens (tertiary/aromatic N) is 5. The number of likely N-dealkylation sites (N-methyl/N-ethyl adjacent to an activating group) is 2. The van der Waals surface area contributed by atoms with Gasteiger partial charge in [0, 0.05) is 25.2 Å². The SMILES string of the molecule is CC1CCCCN1CC1=[N+](Cc2ccc(Cl)cc2)C2C(=O)N(C)C(=O)N(C)C2=N1. The van der Waals surface area contributed by atoms with Crippen molar-refractivity contribution in [2.75, 3.05) is 27.2 Å². The van der Waals surface area contributed by atoms with Crippen LogP contribution >= 0.6 is 11.6 Å². The van der Waals surface area contributed by atoms with Crippen LogP contribution < -0.4 is 0 Å². The summed E-state index contributed by atoms with van der Waals surface area (Å²) in [5.41, 5.74) is 1.05. The molecule has 1 aromatic rings. The molecule has 8 heteroatoms. The normalized spacial score (nSPS) is 25.6. The number of aliphatic imine (C=N–C) groups is 1. The summed E-state index contributed by atoms with van der Waals surface area (Å²) < 4.78 is 2.04. The number of hydrogen-bond donors (Lipinski definition) is 0. The summed E-state index contributed by atoms with van der Waals surface area (Å²) >= 11 is 6.04. The van der Waals surface area contributed by atoms with Crippen LogP contribution in [0.5, 0.6) is 0 Å². The molecule has 2 saturated heterocycles. The summed E-state index contributed by atoms with van der Waals surface area (Å²) in [4.78, 5) is 35.4. The van der Waals surface area contributed by atoms with Crippen LogP contribution in [0.15, 0.2) is 29.3 Å². The van der Waals surface area contributed by atoms with E-state index >= 15 is 0 Å². The second-order valence-electron chi connectivity index (χ2n) is 8.10. The Bertz CT molecular complexity index is 895. The molecule has 29 heavy (non-hydrogen) atoms. The Kier molecular flexibility index (Phi) is 5.44. The van der Waals surface area contributed by atoms with Crippen molar-refractivity contribution in [3.8, 4) is 0 Å². The van der Waals surface area contributed by atoms with Crippen molar-refractivity contribution in [1.82, 2.24) is 14.7 Å². The van der Waals surface area contributed by atoms with Crippen molar-refractivity contribution in [2.24, 2.45) is 4.99 Å². The zero-order valence-corrected chi connectivity index (χ0v) is 17.9. The number of imide groups is 1. The van der Waals surface area contributed by atoms with E-state index in [0.29, 0.717) is 30.0 Å². The molecule has 0 aromatic heterocycles. The van der Waals surface area contributed by atoms with E-state index in [1.165, 1.54) is 36.1 Å². The molecule has 3 aliphatic heterocycles. The third-order valence-electron chi connectivity index (χ3n) is 6.16. The van der Waals surface area contributed by atoms with E-state index in [0.717, 1.165) is 17.9 Å². The zero-order chi connectivity index (χ0) is 20.7. The fourth-order valence-corrected chi connectivity index (χ4v) is 4.44. The number of piperidine rings is 1. The zero-order valence-electron chi connectivity index (χ0n) is 17.1. The lowest BCUT2D eigenvalue weighted by atomic mass is 10.0. The topological polar surface area (TPSA) is 59.2 Å². The molecule has 7 nitrogen and oxygen atoms in total. The van der Waals surface area contributed by atoms with Gasteiger partial charge < -0.3 is 0 Å². The second kappa shape index (κ2) is 7.88. The Morgan fingerprint density at radius 1 is 1.14 bits per heavy atom. The lowest BCUT2D eigenvalue weighted by Gasteiger charge is -2.32. The maximum absolute atomic E-state index is 13.0. The number of rotatable bonds is 4. The van der Waals surface area contributed by atoms with Gasteiger partial charge in [0.1, 0.15) is 13.1 Å². The van der Waals surface area contributed by atoms with Gasteiger partial charge in [0.25, 0.3) is 17.8 Å². The summed E-state index contributed by atoms with van der Waals surface area (Å²) in [6, 6.07) is 7.20. The highest BCUT2D eigenvalue weighted by atomic mass is 35.5. The number of urea groups is 1. The van der Waals surface area contributed by atoms with Crippen LogP contribution in [0, 0.1) is 0 Å². The Hall–Kier alpha value is -2.25. The molecule has 2 atom stereocenters. The van der Waals surface area contributed by atoms with Gasteiger partial charge in [0.15, 0.2) is 0 Å². The minimum atomic E-state index is -0.575. The van der Waals surface area contributed by atoms with Crippen LogP contribution in [0.25, 0.3) is 0 Å². The molecule has 0 N–H and O–H groups in total. The van der Waals surface area contributed by atoms with Crippen molar-refractivity contribution >= 4 is 35.2 Å². The van der Waals surface area contributed by atoms with Gasteiger partial charge in [-0.2, -0.15) is 0 Å². The standard InChI is InChI=1S/C21H27ClN5O2/c1-14-6-4-5-11-26(14)13-17-23-19-18(20(28)25(3)21(29)24(19)2)27(17)12-15-7-9-16(22)10-8-15/h7-10,14,18H,4-6,11-13H2,1-3H3/q+1. The van der Waals surface area contributed by atoms with Crippen LogP contribution in [0.1, 0.15) is 31.7 Å². The molecule has 0 saturated carbocycles. The van der Waals surface area contributed by atoms with Gasteiger partial charge in [0.05, 0.1) is 0 Å². The van der Waals surface area contributed by atoms with Crippen LogP contribution in [0.4, 0.5) is 4.79 Å². The first-order valence-corrected chi connectivity index (χ1v) is 10.5. The van der Waals surface area contributed by atoms with Crippen molar-refractivity contribution < 1.29 is 14.2 Å². The van der Waals surface area contributed by atoms with Crippen LogP contribution in [-0.4, -0.2) is 82.2 Å². The van der Waals surface area contributed by atoms with E-state index < -0.39 is 6.04 Å². The summed E-state index contributed by atoms with van der Waals surface area (Å²) in [7, 11) is 3.22. The summed E-state index contributed by atoms with van der Waals surface area (Å²) in [6.45, 7) is 4.48. The van der Waals surface area contributed by atoms with E-state index in [1.54, 1.807) is 7.05 Å². The average molecular weight is 417 g/mol. The van der Waals surface area contributed by atoms with E-state index in [1.807, 2.05) is 28.8 Å². The van der Waals surface area contributed by atoms with Crippen LogP contribution in [-0.2, 0) is 11.3 Å². The van der Waals surface area contributed by atoms with Gasteiger partial charge in [-0.3, -0.25) is 19.5 Å². The Morgan fingerprint density at radius 2 is 1.86 bits per heavy atom. The summed E-state index contributed by atoms with van der Waals surface area (Å²) in [6.07, 6.45) is 3.60. The smallest absolute Gasteiger partial charge is 0.289 e. The van der Waals surface area contributed by atoms with Crippen molar-refractivity contribution in [3.05, 3.63) is 34.9 Å². The molecule has 3 amide bonds. The molecule has 0 spiro atoms. The van der Waals surface area contributed by atoms with Crippen molar-refractivity contribution in [1.29, 1.82) is 0 Å². The van der Waals surface area contributed by atoms with Crippen LogP contribution in [0.2, 0.25) is 5.02 Å². The summed E-state index contributed by atoms with van der Waals surface area (Å²) in [5.74, 6) is 1.13. The Balaban J connectivity index is 1.71. The van der Waals surface area contributed by atoms with Gasteiger partial charge in [-0.25, -0.2) is 9.37 Å². The van der Waals surface area contributed by atoms with Crippen molar-refractivity contribution in [2.45, 2.75) is 44.8 Å². The monoisotopic (exact) mass is 416 g/mol. The molecule has 154 valence electrons. The number of likely N-dealkylation sites (tertiary alicyclic amines) is 1. The Labute approximate surface area is 176 Å². The Morgan fingerprint density at radius 3 is 2.55 bits per heavy atom. The first kappa shape index (κ1) is 20.0. The molecule has 3 aliphatic rings. The molecule has 1 aromatic carbocycles. The van der Waals surface area contributed by atoms with E-state index in [2.05, 4.69) is 11.8 Å². The minimum absolute atomic E-state index is 0.234. The third kappa shape index (κ3) is 3.69. The van der Waals surface area contributed by atoms with E-state index in [-0.39, 0.29) is 11.9 Å². The van der Waals surface area contributed by atoms with Crippen LogP contribution in [0.3, 0.4) is 0 Å². The predicted molar refractivity (Wildman–Crippen MR) is 112 cm³/mol. The lowest BCUT2D eigenvalue weighted by molar-refractivity contribution is -0.552. The molecular weight excluding hydrogens is 390 g/mol. The molecule has 3 heterocycles. The molecule has 0 radical (unpaired) electrons. The maximum atomic E-state index is 13.0. The molecule has 2 unspecified atom stereocenters. The number of carbonyl (C=O) groups excluding carboxylic acids is 2. The summed E-state index contributed by atoms with van der Waals surface area (Å²) in [5, 5.41) is 0.678. The van der Waals surface area contributed by atoms with E-state index in [9.17, 15) is 9.59 Å². The largest absolute Gasteiger partial charge is 0.333 e. The highest BCUT2D eigenvalue weighted by Crippen LogP contribution is 2.23. The quantitative estimate of drug-likeness (QED) is 0.708. The van der Waals surface area contributed by atoms with Gasteiger partial charge >= 0.3 is 11.9 Å². The molecule has 4 rings (SSSR count). The fourth-order valence-electron chi connectivity index (χ4n) is 4.32. The van der Waals surface area contributed by atoms with E-state index in [4.69, 9.17) is 16.6 Å². The van der Waals surface area contributed by atoms with Gasteiger partial charge in [-0.1, -0.05) is 30.2 Å². The first-order valence-electron chi connectivity index (χ1n) is 10.1. The fraction of sp³-hybridized carbons (Fsp3) is 0.524. The molecule has 0 bridgehead atoms.